The van der Waals surface area contributed by atoms with Gasteiger partial charge in [-0.15, -0.1) is 0 Å². The molecule has 1 fully saturated rings. The van der Waals surface area contributed by atoms with Crippen LogP contribution in [0.15, 0.2) is 18.6 Å². The van der Waals surface area contributed by atoms with Gasteiger partial charge in [0, 0.05) is 18.9 Å². The third-order valence-corrected chi connectivity index (χ3v) is 3.42. The molecule has 1 aromatic rings. The van der Waals surface area contributed by atoms with Gasteiger partial charge in [0.1, 0.15) is 11.3 Å². The molecule has 3 N–H and O–H groups in total. The van der Waals surface area contributed by atoms with E-state index < -0.39 is 11.5 Å². The highest BCUT2D eigenvalue weighted by molar-refractivity contribution is 5.91. The first-order valence-corrected chi connectivity index (χ1v) is 7.31. The first-order chi connectivity index (χ1) is 11.0. The van der Waals surface area contributed by atoms with Crippen LogP contribution in [0.25, 0.3) is 0 Å². The normalized spacial score (nSPS) is 21.6. The fourth-order valence-electron chi connectivity index (χ4n) is 2.25. The van der Waals surface area contributed by atoms with E-state index >= 15 is 0 Å². The molecule has 2 amide bonds. The number of aromatic nitrogens is 2. The monoisotopic (exact) mass is 323 g/mol. The molecule has 2 rings (SSSR count). The largest absolute Gasteiger partial charge is 0.384 e. The molecule has 0 aromatic carbocycles. The highest BCUT2D eigenvalue weighted by Crippen LogP contribution is 2.12. The van der Waals surface area contributed by atoms with E-state index in [1.807, 2.05) is 0 Å². The molecule has 1 atom stereocenters. The smallest absolute Gasteiger partial charge is 0.271 e. The number of rotatable bonds is 5. The SMILES string of the molecule is CNCC(=O)N1CCOC[C@](O)(CNC(=O)c2cnccn2)C1. The second kappa shape index (κ2) is 7.95. The van der Waals surface area contributed by atoms with Gasteiger partial charge in [-0.1, -0.05) is 0 Å². The molecule has 1 aliphatic heterocycles. The summed E-state index contributed by atoms with van der Waals surface area (Å²) in [5.74, 6) is -0.569. The molecule has 0 aliphatic carbocycles. The maximum absolute atomic E-state index is 12.0. The Balaban J connectivity index is 1.96. The first kappa shape index (κ1) is 17.3. The van der Waals surface area contributed by atoms with Gasteiger partial charge >= 0.3 is 0 Å². The zero-order chi connectivity index (χ0) is 16.7. The third kappa shape index (κ3) is 4.95. The zero-order valence-electron chi connectivity index (χ0n) is 13.0. The van der Waals surface area contributed by atoms with Crippen molar-refractivity contribution in [3.05, 3.63) is 24.3 Å². The van der Waals surface area contributed by atoms with E-state index in [-0.39, 0.29) is 37.8 Å². The molecule has 1 aliphatic rings. The summed E-state index contributed by atoms with van der Waals surface area (Å²) in [6.45, 7) is 1.01. The molecule has 23 heavy (non-hydrogen) atoms. The summed E-state index contributed by atoms with van der Waals surface area (Å²) in [7, 11) is 1.68. The topological polar surface area (TPSA) is 117 Å². The molecule has 9 nitrogen and oxygen atoms in total. The fraction of sp³-hybridized carbons (Fsp3) is 0.571. The number of carbonyl (C=O) groups excluding carboxylic acids is 2. The summed E-state index contributed by atoms with van der Waals surface area (Å²) in [6.07, 6.45) is 4.22. The van der Waals surface area contributed by atoms with Gasteiger partial charge in [-0.25, -0.2) is 4.98 Å². The van der Waals surface area contributed by atoms with Crippen molar-refractivity contribution in [3.8, 4) is 0 Å². The Bertz CT molecular complexity index is 541. The summed E-state index contributed by atoms with van der Waals surface area (Å²) in [6, 6.07) is 0. The average Bonchev–Trinajstić information content (AvgIpc) is 2.76. The number of carbonyl (C=O) groups is 2. The lowest BCUT2D eigenvalue weighted by molar-refractivity contribution is -0.132. The molecule has 0 bridgehead atoms. The molecule has 0 radical (unpaired) electrons. The van der Waals surface area contributed by atoms with Crippen LogP contribution < -0.4 is 10.6 Å². The lowest BCUT2D eigenvalue weighted by Crippen LogP contribution is -2.54. The fourth-order valence-corrected chi connectivity index (χ4v) is 2.25. The summed E-state index contributed by atoms with van der Waals surface area (Å²) >= 11 is 0. The maximum Gasteiger partial charge on any atom is 0.271 e. The number of nitrogens with zero attached hydrogens (tertiary/aromatic N) is 3. The standard InChI is InChI=1S/C14H21N5O4/c1-15-7-12(20)19-4-5-23-10-14(22,9-19)8-18-13(21)11-6-16-2-3-17-11/h2-3,6,15,22H,4-5,7-10H2,1H3,(H,18,21)/t14-/m0/s1. The number of hydrogen-bond donors (Lipinski definition) is 3. The van der Waals surface area contributed by atoms with Gasteiger partial charge in [-0.2, -0.15) is 0 Å². The van der Waals surface area contributed by atoms with E-state index in [1.165, 1.54) is 23.5 Å². The Morgan fingerprint density at radius 2 is 2.30 bits per heavy atom. The molecule has 1 saturated heterocycles. The van der Waals surface area contributed by atoms with Gasteiger partial charge < -0.3 is 25.4 Å². The number of β-amino-alcohol motifs (C(OH)–C–C–N with tert-alkyl or cyclic N) is 1. The van der Waals surface area contributed by atoms with Gasteiger partial charge in [0.05, 0.1) is 39.0 Å². The van der Waals surface area contributed by atoms with Crippen LogP contribution in [0.2, 0.25) is 0 Å². The number of ether oxygens (including phenoxy) is 1. The average molecular weight is 323 g/mol. The van der Waals surface area contributed by atoms with E-state index in [0.29, 0.717) is 13.2 Å². The highest BCUT2D eigenvalue weighted by Gasteiger charge is 2.34. The Kier molecular flexibility index (Phi) is 5.97. The Hall–Kier alpha value is -2.10. The van der Waals surface area contributed by atoms with Crippen LogP contribution in [0.4, 0.5) is 0 Å². The zero-order valence-corrected chi connectivity index (χ0v) is 13.0. The first-order valence-electron chi connectivity index (χ1n) is 7.31. The minimum Gasteiger partial charge on any atom is -0.384 e. The van der Waals surface area contributed by atoms with Crippen molar-refractivity contribution >= 4 is 11.8 Å². The lowest BCUT2D eigenvalue weighted by Gasteiger charge is -2.30. The van der Waals surface area contributed by atoms with E-state index in [9.17, 15) is 14.7 Å². The molecular formula is C14H21N5O4. The molecule has 1 aromatic heterocycles. The molecule has 126 valence electrons. The maximum atomic E-state index is 12.0. The summed E-state index contributed by atoms with van der Waals surface area (Å²) in [5.41, 5.74) is -1.19. The van der Waals surface area contributed by atoms with E-state index in [4.69, 9.17) is 4.74 Å². The minimum atomic E-state index is -1.35. The predicted octanol–water partition coefficient (Wildman–Crippen LogP) is -1.98. The van der Waals surface area contributed by atoms with Gasteiger partial charge in [-0.05, 0) is 7.05 Å². The van der Waals surface area contributed by atoms with Gasteiger partial charge in [-0.3, -0.25) is 14.6 Å². The minimum absolute atomic E-state index is 0.0388. The Labute approximate surface area is 134 Å². The van der Waals surface area contributed by atoms with Crippen molar-refractivity contribution in [3.63, 3.8) is 0 Å². The molecular weight excluding hydrogens is 302 g/mol. The number of nitrogens with one attached hydrogen (secondary N) is 2. The second-order valence-corrected chi connectivity index (χ2v) is 5.40. The van der Waals surface area contributed by atoms with E-state index in [1.54, 1.807) is 7.05 Å². The van der Waals surface area contributed by atoms with Gasteiger partial charge in [0.2, 0.25) is 5.91 Å². The van der Waals surface area contributed by atoms with Crippen molar-refractivity contribution in [2.75, 3.05) is 46.4 Å². The van der Waals surface area contributed by atoms with Crippen molar-refractivity contribution < 1.29 is 19.4 Å². The predicted molar refractivity (Wildman–Crippen MR) is 80.6 cm³/mol. The van der Waals surface area contributed by atoms with Gasteiger partial charge in [0.25, 0.3) is 5.91 Å². The lowest BCUT2D eigenvalue weighted by atomic mass is 10.0. The molecule has 9 heteroatoms. The summed E-state index contributed by atoms with van der Waals surface area (Å²) in [5, 5.41) is 16.0. The van der Waals surface area contributed by atoms with E-state index in [0.717, 1.165) is 0 Å². The number of amides is 2. The second-order valence-electron chi connectivity index (χ2n) is 5.40. The van der Waals surface area contributed by atoms with Crippen LogP contribution in [0.5, 0.6) is 0 Å². The van der Waals surface area contributed by atoms with Crippen LogP contribution in [-0.4, -0.2) is 83.8 Å². The number of hydrogen-bond acceptors (Lipinski definition) is 7. The van der Waals surface area contributed by atoms with Crippen LogP contribution in [0, 0.1) is 0 Å². The molecule has 0 saturated carbocycles. The van der Waals surface area contributed by atoms with Crippen LogP contribution in [0.3, 0.4) is 0 Å². The Morgan fingerprint density at radius 3 is 3.00 bits per heavy atom. The Morgan fingerprint density at radius 1 is 1.48 bits per heavy atom. The molecule has 2 heterocycles. The van der Waals surface area contributed by atoms with Crippen LogP contribution >= 0.6 is 0 Å². The number of aliphatic hydroxyl groups is 1. The van der Waals surface area contributed by atoms with E-state index in [2.05, 4.69) is 20.6 Å². The third-order valence-electron chi connectivity index (χ3n) is 3.42. The summed E-state index contributed by atoms with van der Waals surface area (Å²) in [4.78, 5) is 33.2. The molecule has 0 unspecified atom stereocenters. The highest BCUT2D eigenvalue weighted by atomic mass is 16.5. The van der Waals surface area contributed by atoms with Crippen molar-refractivity contribution in [2.24, 2.45) is 0 Å². The number of likely N-dealkylation sites (N-methyl/N-ethyl adjacent to an activating group) is 1. The van der Waals surface area contributed by atoms with Crippen LogP contribution in [-0.2, 0) is 9.53 Å². The quantitative estimate of drug-likeness (QED) is 0.575. The van der Waals surface area contributed by atoms with Crippen LogP contribution in [0.1, 0.15) is 10.5 Å². The molecule has 0 spiro atoms. The van der Waals surface area contributed by atoms with Crippen molar-refractivity contribution in [1.29, 1.82) is 0 Å². The van der Waals surface area contributed by atoms with Crippen molar-refractivity contribution in [2.45, 2.75) is 5.60 Å². The van der Waals surface area contributed by atoms with Crippen molar-refractivity contribution in [1.82, 2.24) is 25.5 Å². The van der Waals surface area contributed by atoms with Gasteiger partial charge in [0.15, 0.2) is 0 Å². The summed E-state index contributed by atoms with van der Waals surface area (Å²) < 4.78 is 5.36.